The van der Waals surface area contributed by atoms with Gasteiger partial charge in [-0.3, -0.25) is 15.0 Å². The monoisotopic (exact) mass is 635 g/mol. The molecule has 240 valence electrons. The van der Waals surface area contributed by atoms with E-state index < -0.39 is 27.4 Å². The number of nitrogens with one attached hydrogen (secondary N) is 2. The van der Waals surface area contributed by atoms with Crippen molar-refractivity contribution < 1.29 is 27.5 Å². The largest absolute Gasteiger partial charge is 0.497 e. The number of benzene rings is 3. The van der Waals surface area contributed by atoms with E-state index in [2.05, 4.69) is 4.72 Å². The van der Waals surface area contributed by atoms with Crippen molar-refractivity contribution in [2.75, 3.05) is 40.4 Å². The van der Waals surface area contributed by atoms with Gasteiger partial charge < -0.3 is 25.0 Å². The van der Waals surface area contributed by atoms with E-state index in [0.29, 0.717) is 46.8 Å². The van der Waals surface area contributed by atoms with Crippen LogP contribution in [0.2, 0.25) is 0 Å². The number of carbonyl (C=O) groups excluding carboxylic acids is 2. The zero-order valence-corrected chi connectivity index (χ0v) is 27.1. The molecular formula is C33H41N5O6S. The summed E-state index contributed by atoms with van der Waals surface area (Å²) in [5.74, 6) is 0.578. The average molecular weight is 636 g/mol. The summed E-state index contributed by atoms with van der Waals surface area (Å²) in [6.45, 7) is 6.82. The van der Waals surface area contributed by atoms with Crippen LogP contribution in [0, 0.1) is 10.8 Å². The number of amides is 2. The summed E-state index contributed by atoms with van der Waals surface area (Å²) in [7, 11) is -1.12. The van der Waals surface area contributed by atoms with Crippen LogP contribution in [0.25, 0.3) is 11.1 Å². The second-order valence-electron chi connectivity index (χ2n) is 12.0. The number of carbonyl (C=O) groups is 2. The van der Waals surface area contributed by atoms with E-state index in [1.54, 1.807) is 71.5 Å². The predicted octanol–water partition coefficient (Wildman–Crippen LogP) is 3.26. The number of rotatable bonds is 10. The molecule has 0 aromatic heterocycles. The van der Waals surface area contributed by atoms with Crippen LogP contribution in [-0.4, -0.2) is 82.3 Å². The van der Waals surface area contributed by atoms with Crippen molar-refractivity contribution >= 4 is 27.7 Å². The van der Waals surface area contributed by atoms with Gasteiger partial charge >= 0.3 is 0 Å². The lowest BCUT2D eigenvalue weighted by Gasteiger charge is -2.38. The molecule has 1 aliphatic rings. The van der Waals surface area contributed by atoms with E-state index in [1.807, 2.05) is 20.8 Å². The highest BCUT2D eigenvalue weighted by molar-refractivity contribution is 7.89. The molecule has 1 saturated heterocycles. The number of nitrogen functional groups attached to an aromatic ring is 1. The quantitative estimate of drug-likeness (QED) is 0.228. The van der Waals surface area contributed by atoms with Crippen molar-refractivity contribution in [1.29, 1.82) is 5.41 Å². The van der Waals surface area contributed by atoms with Gasteiger partial charge in [-0.05, 0) is 47.9 Å². The van der Waals surface area contributed by atoms with Crippen LogP contribution in [-0.2, 0) is 26.0 Å². The van der Waals surface area contributed by atoms with Gasteiger partial charge in [-0.25, -0.2) is 8.42 Å². The third kappa shape index (κ3) is 8.00. The Morgan fingerprint density at radius 3 is 2.22 bits per heavy atom. The molecule has 4 N–H and O–H groups in total. The fraction of sp³-hybridized carbons (Fsp3) is 0.364. The van der Waals surface area contributed by atoms with Gasteiger partial charge in [0.25, 0.3) is 0 Å². The number of nitrogens with zero attached hydrogens (tertiary/aromatic N) is 2. The minimum atomic E-state index is -4.19. The summed E-state index contributed by atoms with van der Waals surface area (Å²) < 4.78 is 41.1. The number of nitrogens with two attached hydrogens (primary N) is 1. The van der Waals surface area contributed by atoms with Crippen LogP contribution in [0.3, 0.4) is 0 Å². The maximum Gasteiger partial charge on any atom is 0.241 e. The second kappa shape index (κ2) is 13.7. The van der Waals surface area contributed by atoms with Gasteiger partial charge in [-0.1, -0.05) is 51.1 Å². The fourth-order valence-electron chi connectivity index (χ4n) is 5.23. The zero-order chi connectivity index (χ0) is 32.9. The number of ether oxygens (including phenoxy) is 2. The summed E-state index contributed by atoms with van der Waals surface area (Å²) in [5, 5.41) is 7.80. The summed E-state index contributed by atoms with van der Waals surface area (Å²) >= 11 is 0. The lowest BCUT2D eigenvalue weighted by Crippen LogP contribution is -2.57. The minimum Gasteiger partial charge on any atom is -0.497 e. The molecular weight excluding hydrogens is 594 g/mol. The Labute approximate surface area is 264 Å². The van der Waals surface area contributed by atoms with Crippen LogP contribution >= 0.6 is 0 Å². The number of hydrogen-bond donors (Lipinski definition) is 3. The number of methoxy groups -OCH3 is 2. The van der Waals surface area contributed by atoms with Gasteiger partial charge in [0.2, 0.25) is 21.8 Å². The average Bonchev–Trinajstić information content (AvgIpc) is 3.03. The molecule has 0 radical (unpaired) electrons. The first-order valence-corrected chi connectivity index (χ1v) is 16.1. The molecule has 2 amide bonds. The molecule has 4 rings (SSSR count). The molecule has 3 aromatic carbocycles. The van der Waals surface area contributed by atoms with Gasteiger partial charge in [0.1, 0.15) is 23.4 Å². The van der Waals surface area contributed by atoms with E-state index in [-0.39, 0.29) is 36.1 Å². The second-order valence-corrected chi connectivity index (χ2v) is 13.7. The van der Waals surface area contributed by atoms with E-state index in [1.165, 1.54) is 19.2 Å². The number of amidine groups is 1. The topological polar surface area (TPSA) is 155 Å². The normalized spacial score (nSPS) is 14.5. The van der Waals surface area contributed by atoms with Crippen molar-refractivity contribution in [1.82, 2.24) is 14.5 Å². The Kier molecular flexibility index (Phi) is 10.2. The molecule has 45 heavy (non-hydrogen) atoms. The summed E-state index contributed by atoms with van der Waals surface area (Å²) in [6.07, 6.45) is 0.0340. The molecule has 0 unspecified atom stereocenters. The Morgan fingerprint density at radius 2 is 1.60 bits per heavy atom. The van der Waals surface area contributed by atoms with Crippen molar-refractivity contribution in [3.05, 3.63) is 77.9 Å². The maximum absolute atomic E-state index is 13.9. The maximum atomic E-state index is 13.9. The molecule has 3 aromatic rings. The van der Waals surface area contributed by atoms with Crippen LogP contribution in [0.1, 0.15) is 31.9 Å². The SMILES string of the molecule is COc1ccc(-c2cccc(S(=O)(=O)N[C@@H](Cc3cccc(C(=N)N)c3)C(=O)N3CCN(C(=O)C(C)(C)C)CC3)c2)c(OC)c1. The van der Waals surface area contributed by atoms with Crippen LogP contribution < -0.4 is 19.9 Å². The molecule has 11 nitrogen and oxygen atoms in total. The van der Waals surface area contributed by atoms with Crippen LogP contribution in [0.5, 0.6) is 11.5 Å². The van der Waals surface area contributed by atoms with Gasteiger partial charge in [-0.2, -0.15) is 4.72 Å². The molecule has 0 aliphatic carbocycles. The summed E-state index contributed by atoms with van der Waals surface area (Å²) in [5.41, 5.74) is 7.53. The zero-order valence-electron chi connectivity index (χ0n) is 26.3. The van der Waals surface area contributed by atoms with Crippen LogP contribution in [0.4, 0.5) is 0 Å². The highest BCUT2D eigenvalue weighted by Gasteiger charge is 2.34. The molecule has 0 bridgehead atoms. The van der Waals surface area contributed by atoms with Crippen molar-refractivity contribution in [2.24, 2.45) is 11.1 Å². The van der Waals surface area contributed by atoms with Gasteiger partial charge in [0.15, 0.2) is 0 Å². The van der Waals surface area contributed by atoms with Crippen molar-refractivity contribution in [3.63, 3.8) is 0 Å². The van der Waals surface area contributed by atoms with Gasteiger partial charge in [-0.15, -0.1) is 0 Å². The lowest BCUT2D eigenvalue weighted by atomic mass is 9.94. The van der Waals surface area contributed by atoms with E-state index >= 15 is 0 Å². The van der Waals surface area contributed by atoms with Crippen molar-refractivity contribution in [2.45, 2.75) is 38.1 Å². The first-order valence-electron chi connectivity index (χ1n) is 14.6. The molecule has 1 atom stereocenters. The third-order valence-corrected chi connectivity index (χ3v) is 9.13. The summed E-state index contributed by atoms with van der Waals surface area (Å²) in [4.78, 5) is 30.0. The number of hydrogen-bond acceptors (Lipinski definition) is 7. The van der Waals surface area contributed by atoms with E-state index in [0.717, 1.165) is 0 Å². The molecule has 12 heteroatoms. The Balaban J connectivity index is 1.63. The van der Waals surface area contributed by atoms with Crippen LogP contribution in [0.15, 0.2) is 71.6 Å². The molecule has 1 heterocycles. The Bertz CT molecular complexity index is 1680. The number of piperazine rings is 1. The predicted molar refractivity (Wildman–Crippen MR) is 173 cm³/mol. The smallest absolute Gasteiger partial charge is 0.241 e. The Hall–Kier alpha value is -4.42. The summed E-state index contributed by atoms with van der Waals surface area (Å²) in [6, 6.07) is 17.3. The van der Waals surface area contributed by atoms with E-state index in [4.69, 9.17) is 20.6 Å². The molecule has 0 saturated carbocycles. The van der Waals surface area contributed by atoms with E-state index in [9.17, 15) is 18.0 Å². The molecule has 1 fully saturated rings. The first kappa shape index (κ1) is 33.5. The fourth-order valence-corrected chi connectivity index (χ4v) is 6.46. The van der Waals surface area contributed by atoms with Gasteiger partial charge in [0.05, 0.1) is 19.1 Å². The number of sulfonamides is 1. The standard InChI is InChI=1S/C33H41N5O6S/c1-33(2,3)32(40)38-16-14-37(15-17-38)31(39)28(19-22-8-6-10-24(18-22)30(34)35)36-45(41,42)26-11-7-9-23(20-26)27-13-12-25(43-4)21-29(27)44-5/h6-13,18,20-21,28,36H,14-17,19H2,1-5H3,(H3,34,35)/t28-/m0/s1. The minimum absolute atomic E-state index is 0.00118. The highest BCUT2D eigenvalue weighted by atomic mass is 32.2. The molecule has 1 aliphatic heterocycles. The third-order valence-electron chi connectivity index (χ3n) is 7.66. The lowest BCUT2D eigenvalue weighted by molar-refractivity contribution is -0.145. The highest BCUT2D eigenvalue weighted by Crippen LogP contribution is 2.34. The first-order chi connectivity index (χ1) is 21.2. The van der Waals surface area contributed by atoms with Gasteiger partial charge in [0, 0.05) is 48.8 Å². The Morgan fingerprint density at radius 1 is 0.933 bits per heavy atom. The van der Waals surface area contributed by atoms with Crippen molar-refractivity contribution in [3.8, 4) is 22.6 Å². The molecule has 0 spiro atoms.